The zero-order valence-electron chi connectivity index (χ0n) is 9.90. The van der Waals surface area contributed by atoms with E-state index in [0.29, 0.717) is 11.7 Å². The van der Waals surface area contributed by atoms with Crippen LogP contribution >= 0.6 is 0 Å². The molecule has 0 spiro atoms. The van der Waals surface area contributed by atoms with Crippen molar-refractivity contribution in [3.05, 3.63) is 11.9 Å². The smallest absolute Gasteiger partial charge is 0.145 e. The maximum Gasteiger partial charge on any atom is 0.145 e. The van der Waals surface area contributed by atoms with Crippen molar-refractivity contribution in [3.63, 3.8) is 0 Å². The fraction of sp³-hybridized carbons (Fsp3) is 0.636. The Bertz CT molecular complexity index is 357. The summed E-state index contributed by atoms with van der Waals surface area (Å²) in [6.45, 7) is 6.34. The zero-order chi connectivity index (χ0) is 11.5. The van der Waals surface area contributed by atoms with Gasteiger partial charge in [-0.15, -0.1) is 0 Å². The average molecular weight is 221 g/mol. The van der Waals surface area contributed by atoms with Crippen LogP contribution in [-0.4, -0.2) is 23.1 Å². The normalized spacial score (nSPS) is 15.9. The van der Waals surface area contributed by atoms with Crippen molar-refractivity contribution in [3.8, 4) is 0 Å². The van der Waals surface area contributed by atoms with Gasteiger partial charge >= 0.3 is 0 Å². The van der Waals surface area contributed by atoms with Crippen molar-refractivity contribution in [2.45, 2.75) is 32.6 Å². The van der Waals surface area contributed by atoms with Crippen LogP contribution in [0.15, 0.2) is 6.07 Å². The standard InChI is InChI=1S/C11H19N5/c1-8(2)11-13-9(15-12)7-10(14-11)16-5-3-4-6-16/h7-8H,3-6,12H2,1-2H3,(H,13,14,15). The molecule has 16 heavy (non-hydrogen) atoms. The lowest BCUT2D eigenvalue weighted by atomic mass is 10.2. The molecule has 1 aliphatic rings. The van der Waals surface area contributed by atoms with E-state index >= 15 is 0 Å². The van der Waals surface area contributed by atoms with Gasteiger partial charge in [-0.3, -0.25) is 0 Å². The van der Waals surface area contributed by atoms with Crippen molar-refractivity contribution < 1.29 is 0 Å². The summed E-state index contributed by atoms with van der Waals surface area (Å²) in [5, 5.41) is 0. The minimum atomic E-state index is 0.314. The molecule has 0 saturated carbocycles. The van der Waals surface area contributed by atoms with E-state index in [0.717, 1.165) is 24.7 Å². The highest BCUT2D eigenvalue weighted by Crippen LogP contribution is 2.22. The Kier molecular flexibility index (Phi) is 3.24. The molecule has 1 aromatic heterocycles. The summed E-state index contributed by atoms with van der Waals surface area (Å²) in [4.78, 5) is 11.2. The lowest BCUT2D eigenvalue weighted by Crippen LogP contribution is -2.21. The first-order chi connectivity index (χ1) is 7.70. The number of nitrogen functional groups attached to an aromatic ring is 1. The Morgan fingerprint density at radius 1 is 1.31 bits per heavy atom. The van der Waals surface area contributed by atoms with E-state index in [1.165, 1.54) is 12.8 Å². The van der Waals surface area contributed by atoms with E-state index in [4.69, 9.17) is 5.84 Å². The van der Waals surface area contributed by atoms with Crippen molar-refractivity contribution in [1.82, 2.24) is 9.97 Å². The van der Waals surface area contributed by atoms with Gasteiger partial charge in [0.1, 0.15) is 17.5 Å². The van der Waals surface area contributed by atoms with E-state index in [2.05, 4.69) is 34.1 Å². The van der Waals surface area contributed by atoms with E-state index in [1.54, 1.807) is 0 Å². The summed E-state index contributed by atoms with van der Waals surface area (Å²) >= 11 is 0. The number of anilines is 2. The molecule has 0 bridgehead atoms. The van der Waals surface area contributed by atoms with Gasteiger partial charge < -0.3 is 10.3 Å². The molecule has 1 aliphatic heterocycles. The summed E-state index contributed by atoms with van der Waals surface area (Å²) in [7, 11) is 0. The van der Waals surface area contributed by atoms with E-state index in [1.807, 2.05) is 6.07 Å². The molecule has 2 rings (SSSR count). The van der Waals surface area contributed by atoms with Crippen LogP contribution in [0.4, 0.5) is 11.6 Å². The van der Waals surface area contributed by atoms with E-state index in [-0.39, 0.29) is 0 Å². The van der Waals surface area contributed by atoms with Crippen LogP contribution in [0.25, 0.3) is 0 Å². The number of aromatic nitrogens is 2. The van der Waals surface area contributed by atoms with Gasteiger partial charge in [0.25, 0.3) is 0 Å². The second kappa shape index (κ2) is 4.65. The second-order valence-electron chi connectivity index (χ2n) is 4.46. The summed E-state index contributed by atoms with van der Waals surface area (Å²) in [5.74, 6) is 8.27. The molecule has 3 N–H and O–H groups in total. The van der Waals surface area contributed by atoms with E-state index in [9.17, 15) is 0 Å². The highest BCUT2D eigenvalue weighted by molar-refractivity contribution is 5.49. The molecule has 88 valence electrons. The molecule has 0 aromatic carbocycles. The molecule has 5 nitrogen and oxygen atoms in total. The third-order valence-electron chi connectivity index (χ3n) is 2.82. The monoisotopic (exact) mass is 221 g/mol. The molecule has 2 heterocycles. The van der Waals surface area contributed by atoms with Gasteiger partial charge in [0.2, 0.25) is 0 Å². The van der Waals surface area contributed by atoms with E-state index < -0.39 is 0 Å². The molecule has 5 heteroatoms. The molecular formula is C11H19N5. The van der Waals surface area contributed by atoms with Gasteiger partial charge in [0.05, 0.1) is 0 Å². The number of nitrogens with one attached hydrogen (secondary N) is 1. The first-order valence-electron chi connectivity index (χ1n) is 5.81. The molecule has 1 aromatic rings. The summed E-state index contributed by atoms with van der Waals surface area (Å²) in [5.41, 5.74) is 2.61. The number of nitrogens with zero attached hydrogens (tertiary/aromatic N) is 3. The number of rotatable bonds is 3. The molecule has 0 radical (unpaired) electrons. The molecule has 0 aliphatic carbocycles. The summed E-state index contributed by atoms with van der Waals surface area (Å²) in [6, 6.07) is 1.91. The van der Waals surface area contributed by atoms with Crippen LogP contribution in [0, 0.1) is 0 Å². The Morgan fingerprint density at radius 3 is 2.56 bits per heavy atom. The Labute approximate surface area is 96.0 Å². The minimum absolute atomic E-state index is 0.314. The van der Waals surface area contributed by atoms with Crippen molar-refractivity contribution >= 4 is 11.6 Å². The van der Waals surface area contributed by atoms with Gasteiger partial charge in [-0.1, -0.05) is 13.8 Å². The zero-order valence-corrected chi connectivity index (χ0v) is 9.90. The third kappa shape index (κ3) is 2.24. The fourth-order valence-electron chi connectivity index (χ4n) is 1.89. The van der Waals surface area contributed by atoms with Crippen molar-refractivity contribution in [2.24, 2.45) is 5.84 Å². The number of nitrogens with two attached hydrogens (primary N) is 1. The third-order valence-corrected chi connectivity index (χ3v) is 2.82. The van der Waals surface area contributed by atoms with Crippen molar-refractivity contribution in [1.29, 1.82) is 0 Å². The second-order valence-corrected chi connectivity index (χ2v) is 4.46. The summed E-state index contributed by atoms with van der Waals surface area (Å²) in [6.07, 6.45) is 2.48. The minimum Gasteiger partial charge on any atom is -0.356 e. The van der Waals surface area contributed by atoms with Gasteiger partial charge in [0, 0.05) is 25.1 Å². The molecule has 1 saturated heterocycles. The van der Waals surface area contributed by atoms with Gasteiger partial charge in [-0.25, -0.2) is 15.8 Å². The summed E-state index contributed by atoms with van der Waals surface area (Å²) < 4.78 is 0. The number of hydrogen-bond donors (Lipinski definition) is 2. The molecule has 0 unspecified atom stereocenters. The van der Waals surface area contributed by atoms with Gasteiger partial charge in [-0.05, 0) is 12.8 Å². The van der Waals surface area contributed by atoms with Crippen LogP contribution < -0.4 is 16.2 Å². The van der Waals surface area contributed by atoms with Gasteiger partial charge in [0.15, 0.2) is 0 Å². The molecular weight excluding hydrogens is 202 g/mol. The Balaban J connectivity index is 2.32. The lowest BCUT2D eigenvalue weighted by molar-refractivity contribution is 0.766. The quantitative estimate of drug-likeness (QED) is 0.598. The first-order valence-corrected chi connectivity index (χ1v) is 5.81. The SMILES string of the molecule is CC(C)c1nc(NN)cc(N2CCCC2)n1. The first kappa shape index (κ1) is 11.1. The van der Waals surface area contributed by atoms with Crippen molar-refractivity contribution in [2.75, 3.05) is 23.4 Å². The molecule has 0 amide bonds. The van der Waals surface area contributed by atoms with Crippen LogP contribution in [0.1, 0.15) is 38.4 Å². The predicted molar refractivity (Wildman–Crippen MR) is 65.4 cm³/mol. The lowest BCUT2D eigenvalue weighted by Gasteiger charge is -2.18. The molecule has 0 atom stereocenters. The Morgan fingerprint density at radius 2 is 2.00 bits per heavy atom. The topological polar surface area (TPSA) is 67.1 Å². The predicted octanol–water partition coefficient (Wildman–Crippen LogP) is 1.49. The number of hydrogen-bond acceptors (Lipinski definition) is 5. The van der Waals surface area contributed by atoms with Crippen LogP contribution in [0.5, 0.6) is 0 Å². The van der Waals surface area contributed by atoms with Gasteiger partial charge in [-0.2, -0.15) is 0 Å². The Hall–Kier alpha value is -1.36. The van der Waals surface area contributed by atoms with Crippen LogP contribution in [-0.2, 0) is 0 Å². The highest BCUT2D eigenvalue weighted by Gasteiger charge is 2.16. The van der Waals surface area contributed by atoms with Crippen LogP contribution in [0.3, 0.4) is 0 Å². The highest BCUT2D eigenvalue weighted by atomic mass is 15.3. The maximum absolute atomic E-state index is 5.43. The maximum atomic E-state index is 5.43. The average Bonchev–Trinajstić information content (AvgIpc) is 2.81. The molecule has 1 fully saturated rings. The van der Waals surface area contributed by atoms with Crippen LogP contribution in [0.2, 0.25) is 0 Å². The largest absolute Gasteiger partial charge is 0.356 e. The number of hydrazine groups is 1. The fourth-order valence-corrected chi connectivity index (χ4v) is 1.89.